The van der Waals surface area contributed by atoms with Gasteiger partial charge < -0.3 is 14.2 Å². The number of halogens is 2. The molecule has 0 amide bonds. The van der Waals surface area contributed by atoms with E-state index in [1.165, 1.54) is 23.9 Å². The van der Waals surface area contributed by atoms with Gasteiger partial charge in [0.2, 0.25) is 5.95 Å². The minimum absolute atomic E-state index is 0.143. The normalized spacial score (nSPS) is 18.0. The molecule has 1 saturated carbocycles. The van der Waals surface area contributed by atoms with E-state index >= 15 is 0 Å². The summed E-state index contributed by atoms with van der Waals surface area (Å²) >= 11 is 12.6. The monoisotopic (exact) mass is 401 g/mol. The fourth-order valence-corrected chi connectivity index (χ4v) is 4.75. The maximum absolute atomic E-state index is 6.50. The number of fused-ring (bicyclic) bond motifs is 3. The van der Waals surface area contributed by atoms with E-state index in [-0.39, 0.29) is 6.10 Å². The Kier molecular flexibility index (Phi) is 4.30. The smallest absolute Gasteiger partial charge is 0.211 e. The van der Waals surface area contributed by atoms with Crippen LogP contribution in [0.3, 0.4) is 0 Å². The van der Waals surface area contributed by atoms with E-state index in [2.05, 4.69) is 27.7 Å². The van der Waals surface area contributed by atoms with Crippen LogP contribution in [-0.4, -0.2) is 23.2 Å². The van der Waals surface area contributed by atoms with Crippen LogP contribution in [0.4, 0.5) is 11.6 Å². The van der Waals surface area contributed by atoms with E-state index < -0.39 is 0 Å². The third kappa shape index (κ3) is 2.91. The standard InChI is InChI=1S/C21H21Cl2N3O/c1-27-20(13-6-7-13)15-4-2-5-17-19(15)26-11-3-10-25(21(26)24-17)18-9-8-14(22)12-16(18)23/h2,4-5,8-9,12-13,20H,3,6-7,10-11H2,1H3. The largest absolute Gasteiger partial charge is 0.376 e. The summed E-state index contributed by atoms with van der Waals surface area (Å²) < 4.78 is 8.21. The molecular formula is C21H21Cl2N3O. The van der Waals surface area contributed by atoms with Crippen LogP contribution in [-0.2, 0) is 11.3 Å². The van der Waals surface area contributed by atoms with Gasteiger partial charge in [-0.25, -0.2) is 4.98 Å². The second-order valence-corrected chi connectivity index (χ2v) is 8.22. The van der Waals surface area contributed by atoms with Gasteiger partial charge in [-0.05, 0) is 49.4 Å². The molecule has 2 heterocycles. The average Bonchev–Trinajstić information content (AvgIpc) is 3.41. The zero-order chi connectivity index (χ0) is 18.5. The minimum atomic E-state index is 0.143. The first-order chi connectivity index (χ1) is 13.2. The Hall–Kier alpha value is -1.75. The molecule has 27 heavy (non-hydrogen) atoms. The fourth-order valence-electron chi connectivity index (χ4n) is 4.24. The van der Waals surface area contributed by atoms with Gasteiger partial charge in [-0.2, -0.15) is 0 Å². The van der Waals surface area contributed by atoms with Crippen molar-refractivity contribution in [2.75, 3.05) is 18.6 Å². The molecule has 5 rings (SSSR count). The average molecular weight is 402 g/mol. The lowest BCUT2D eigenvalue weighted by Gasteiger charge is -2.30. The highest BCUT2D eigenvalue weighted by molar-refractivity contribution is 6.36. The molecule has 0 radical (unpaired) electrons. The summed E-state index contributed by atoms with van der Waals surface area (Å²) in [5, 5.41) is 1.29. The molecule has 0 saturated heterocycles. The maximum Gasteiger partial charge on any atom is 0.211 e. The summed E-state index contributed by atoms with van der Waals surface area (Å²) in [5.74, 6) is 1.57. The SMILES string of the molecule is COC(c1cccc2nc3n(c12)CCCN3c1ccc(Cl)cc1Cl)C1CC1. The maximum atomic E-state index is 6.50. The van der Waals surface area contributed by atoms with Crippen LogP contribution in [0.1, 0.15) is 30.9 Å². The van der Waals surface area contributed by atoms with E-state index in [0.29, 0.717) is 16.0 Å². The van der Waals surface area contributed by atoms with Crippen molar-refractivity contribution in [3.05, 3.63) is 52.0 Å². The first-order valence-corrected chi connectivity index (χ1v) is 10.2. The van der Waals surface area contributed by atoms with Crippen LogP contribution >= 0.6 is 23.2 Å². The Balaban J connectivity index is 1.67. The summed E-state index contributed by atoms with van der Waals surface area (Å²) in [5.41, 5.74) is 4.41. The second-order valence-electron chi connectivity index (χ2n) is 7.37. The number of imidazole rings is 1. The number of ether oxygens (including phenoxy) is 1. The molecule has 0 N–H and O–H groups in total. The summed E-state index contributed by atoms with van der Waals surface area (Å²) in [4.78, 5) is 7.17. The van der Waals surface area contributed by atoms with Crippen LogP contribution in [0.25, 0.3) is 11.0 Å². The summed E-state index contributed by atoms with van der Waals surface area (Å²) in [6.45, 7) is 1.84. The Morgan fingerprint density at radius 3 is 2.74 bits per heavy atom. The number of para-hydroxylation sites is 1. The van der Waals surface area contributed by atoms with Gasteiger partial charge in [0, 0.05) is 30.8 Å². The van der Waals surface area contributed by atoms with Crippen LogP contribution in [0, 0.1) is 5.92 Å². The van der Waals surface area contributed by atoms with E-state index in [0.717, 1.165) is 36.7 Å². The van der Waals surface area contributed by atoms with Crippen molar-refractivity contribution in [3.63, 3.8) is 0 Å². The van der Waals surface area contributed by atoms with Crippen LogP contribution in [0.15, 0.2) is 36.4 Å². The predicted molar refractivity (Wildman–Crippen MR) is 110 cm³/mol. The molecular weight excluding hydrogens is 381 g/mol. The lowest BCUT2D eigenvalue weighted by atomic mass is 10.0. The summed E-state index contributed by atoms with van der Waals surface area (Å²) in [7, 11) is 1.81. The molecule has 4 nitrogen and oxygen atoms in total. The predicted octanol–water partition coefficient (Wildman–Crippen LogP) is 5.98. The van der Waals surface area contributed by atoms with Gasteiger partial charge in [-0.3, -0.25) is 0 Å². The molecule has 6 heteroatoms. The summed E-state index contributed by atoms with van der Waals surface area (Å²) in [6, 6.07) is 12.0. The highest BCUT2D eigenvalue weighted by Crippen LogP contribution is 2.46. The fraction of sp³-hybridized carbons (Fsp3) is 0.381. The highest BCUT2D eigenvalue weighted by Gasteiger charge is 2.35. The Labute approximate surface area is 168 Å². The zero-order valence-corrected chi connectivity index (χ0v) is 16.7. The second kappa shape index (κ2) is 6.69. The molecule has 0 bridgehead atoms. The van der Waals surface area contributed by atoms with Gasteiger partial charge in [0.15, 0.2) is 0 Å². The lowest BCUT2D eigenvalue weighted by Crippen LogP contribution is -2.28. The molecule has 1 aliphatic carbocycles. The number of hydrogen-bond acceptors (Lipinski definition) is 3. The molecule has 1 aromatic heterocycles. The van der Waals surface area contributed by atoms with Gasteiger partial charge in [-0.15, -0.1) is 0 Å². The molecule has 0 spiro atoms. The number of anilines is 2. The minimum Gasteiger partial charge on any atom is -0.376 e. The summed E-state index contributed by atoms with van der Waals surface area (Å²) in [6.07, 6.45) is 3.65. The van der Waals surface area contributed by atoms with Gasteiger partial charge in [-0.1, -0.05) is 35.3 Å². The van der Waals surface area contributed by atoms with E-state index in [4.69, 9.17) is 32.9 Å². The molecule has 1 aliphatic heterocycles. The van der Waals surface area contributed by atoms with Crippen LogP contribution < -0.4 is 4.90 Å². The van der Waals surface area contributed by atoms with Gasteiger partial charge in [0.25, 0.3) is 0 Å². The van der Waals surface area contributed by atoms with Gasteiger partial charge >= 0.3 is 0 Å². The first-order valence-electron chi connectivity index (χ1n) is 9.42. The zero-order valence-electron chi connectivity index (χ0n) is 15.2. The van der Waals surface area contributed by atoms with Crippen LogP contribution in [0.2, 0.25) is 10.0 Å². The lowest BCUT2D eigenvalue weighted by molar-refractivity contribution is 0.0855. The van der Waals surface area contributed by atoms with Crippen LogP contribution in [0.5, 0.6) is 0 Å². The number of aromatic nitrogens is 2. The van der Waals surface area contributed by atoms with E-state index in [1.54, 1.807) is 6.07 Å². The Morgan fingerprint density at radius 2 is 2.00 bits per heavy atom. The van der Waals surface area contributed by atoms with Gasteiger partial charge in [0.05, 0.1) is 27.8 Å². The molecule has 140 valence electrons. The van der Waals surface area contributed by atoms with Crippen molar-refractivity contribution in [1.29, 1.82) is 0 Å². The van der Waals surface area contributed by atoms with Gasteiger partial charge in [0.1, 0.15) is 0 Å². The Morgan fingerprint density at radius 1 is 1.15 bits per heavy atom. The molecule has 3 aromatic rings. The quantitative estimate of drug-likeness (QED) is 0.538. The van der Waals surface area contributed by atoms with Crippen molar-refractivity contribution in [2.45, 2.75) is 31.9 Å². The number of aryl methyl sites for hydroxylation is 1. The van der Waals surface area contributed by atoms with Crippen molar-refractivity contribution in [3.8, 4) is 0 Å². The molecule has 1 unspecified atom stereocenters. The van der Waals surface area contributed by atoms with E-state index in [1.807, 2.05) is 19.2 Å². The number of rotatable bonds is 4. The number of hydrogen-bond donors (Lipinski definition) is 0. The van der Waals surface area contributed by atoms with Crippen molar-refractivity contribution in [2.24, 2.45) is 5.92 Å². The Bertz CT molecular complexity index is 1010. The third-order valence-corrected chi connectivity index (χ3v) is 6.13. The number of methoxy groups -OCH3 is 1. The number of nitrogens with zero attached hydrogens (tertiary/aromatic N) is 3. The van der Waals surface area contributed by atoms with Crippen molar-refractivity contribution >= 4 is 45.9 Å². The first kappa shape index (κ1) is 17.4. The van der Waals surface area contributed by atoms with E-state index in [9.17, 15) is 0 Å². The topological polar surface area (TPSA) is 30.3 Å². The third-order valence-electron chi connectivity index (χ3n) is 5.59. The molecule has 2 aliphatic rings. The van der Waals surface area contributed by atoms with Crippen molar-refractivity contribution < 1.29 is 4.74 Å². The highest BCUT2D eigenvalue weighted by atomic mass is 35.5. The number of benzene rings is 2. The molecule has 1 fully saturated rings. The van der Waals surface area contributed by atoms with Crippen molar-refractivity contribution in [1.82, 2.24) is 9.55 Å². The molecule has 1 atom stereocenters. The molecule has 2 aromatic carbocycles.